The summed E-state index contributed by atoms with van der Waals surface area (Å²) >= 11 is 0. The van der Waals surface area contributed by atoms with Crippen molar-refractivity contribution in [3.05, 3.63) is 0 Å². The normalized spacial score (nSPS) is 24.2. The maximum atomic E-state index is 13.1. The van der Waals surface area contributed by atoms with Crippen molar-refractivity contribution in [2.75, 3.05) is 18.8 Å². The minimum absolute atomic E-state index is 0.343. The Hall–Kier alpha value is -1.06. The van der Waals surface area contributed by atoms with Gasteiger partial charge in [0.05, 0.1) is 5.75 Å². The third-order valence-corrected chi connectivity index (χ3v) is 3.95. The van der Waals surface area contributed by atoms with E-state index >= 15 is 0 Å². The topological polar surface area (TPSA) is 63.7 Å². The zero-order valence-corrected chi connectivity index (χ0v) is 12.6. The standard InChI is InChI=1S/C11H17F4NO4S/c1-9(2,3)20-8(17)16-5-4-10(6-16,11(12,13)14)7-21(15,18)19/h4-7H2,1-3H3. The van der Waals surface area contributed by atoms with Crippen molar-refractivity contribution in [2.24, 2.45) is 5.41 Å². The molecule has 1 saturated heterocycles. The van der Waals surface area contributed by atoms with E-state index in [1.165, 1.54) is 0 Å². The molecule has 0 bridgehead atoms. The van der Waals surface area contributed by atoms with Gasteiger partial charge in [0, 0.05) is 13.1 Å². The molecule has 0 spiro atoms. The Morgan fingerprint density at radius 1 is 1.29 bits per heavy atom. The molecule has 21 heavy (non-hydrogen) atoms. The van der Waals surface area contributed by atoms with Gasteiger partial charge in [-0.25, -0.2) is 4.79 Å². The SMILES string of the molecule is CC(C)(C)OC(=O)N1CCC(CS(=O)(=O)F)(C(F)(F)F)C1. The van der Waals surface area contributed by atoms with Gasteiger partial charge in [-0.1, -0.05) is 0 Å². The molecule has 0 aromatic heterocycles. The van der Waals surface area contributed by atoms with Crippen LogP contribution in [0.1, 0.15) is 27.2 Å². The lowest BCUT2D eigenvalue weighted by Crippen LogP contribution is -2.46. The summed E-state index contributed by atoms with van der Waals surface area (Å²) in [5.74, 6) is -1.69. The number of nitrogens with zero attached hydrogens (tertiary/aromatic N) is 1. The van der Waals surface area contributed by atoms with Crippen LogP contribution in [0.15, 0.2) is 0 Å². The van der Waals surface area contributed by atoms with Crippen LogP contribution < -0.4 is 0 Å². The van der Waals surface area contributed by atoms with Gasteiger partial charge in [-0.2, -0.15) is 21.6 Å². The molecule has 0 aromatic rings. The lowest BCUT2D eigenvalue weighted by Gasteiger charge is -2.30. The summed E-state index contributed by atoms with van der Waals surface area (Å²) in [4.78, 5) is 12.5. The molecule has 0 N–H and O–H groups in total. The second kappa shape index (κ2) is 5.29. The first-order valence-electron chi connectivity index (χ1n) is 6.12. The maximum absolute atomic E-state index is 13.1. The molecule has 1 fully saturated rings. The fourth-order valence-corrected chi connectivity index (χ4v) is 3.18. The molecule has 1 rings (SSSR count). The van der Waals surface area contributed by atoms with Gasteiger partial charge in [-0.15, -0.1) is 3.89 Å². The van der Waals surface area contributed by atoms with Crippen molar-refractivity contribution in [1.29, 1.82) is 0 Å². The molecule has 1 unspecified atom stereocenters. The van der Waals surface area contributed by atoms with Crippen LogP contribution in [0.25, 0.3) is 0 Å². The average Bonchev–Trinajstić information content (AvgIpc) is 2.56. The fourth-order valence-electron chi connectivity index (χ4n) is 2.12. The largest absolute Gasteiger partial charge is 0.444 e. The van der Waals surface area contributed by atoms with Crippen molar-refractivity contribution in [3.8, 4) is 0 Å². The Bertz CT molecular complexity index is 511. The van der Waals surface area contributed by atoms with Crippen LogP contribution in [-0.2, 0) is 15.0 Å². The van der Waals surface area contributed by atoms with Crippen molar-refractivity contribution in [3.63, 3.8) is 0 Å². The second-order valence-electron chi connectivity index (χ2n) is 6.11. The summed E-state index contributed by atoms with van der Waals surface area (Å²) in [6.07, 6.45) is -6.60. The van der Waals surface area contributed by atoms with Gasteiger partial charge in [0.1, 0.15) is 11.0 Å². The number of hydrogen-bond acceptors (Lipinski definition) is 4. The molecule has 1 aliphatic heterocycles. The third-order valence-electron chi connectivity index (χ3n) is 3.06. The number of halogens is 4. The van der Waals surface area contributed by atoms with E-state index < -0.39 is 52.2 Å². The predicted octanol–water partition coefficient (Wildman–Crippen LogP) is 2.48. The van der Waals surface area contributed by atoms with E-state index in [2.05, 4.69) is 0 Å². The highest BCUT2D eigenvalue weighted by Crippen LogP contribution is 2.46. The predicted molar refractivity (Wildman–Crippen MR) is 65.8 cm³/mol. The van der Waals surface area contributed by atoms with Crippen LogP contribution in [0.3, 0.4) is 0 Å². The summed E-state index contributed by atoms with van der Waals surface area (Å²) in [6, 6.07) is 0. The van der Waals surface area contributed by atoms with Gasteiger partial charge in [-0.3, -0.25) is 0 Å². The van der Waals surface area contributed by atoms with E-state index in [-0.39, 0.29) is 6.54 Å². The number of likely N-dealkylation sites (tertiary alicyclic amines) is 1. The lowest BCUT2D eigenvalue weighted by atomic mass is 9.89. The van der Waals surface area contributed by atoms with Gasteiger partial charge < -0.3 is 9.64 Å². The zero-order chi connectivity index (χ0) is 16.7. The van der Waals surface area contributed by atoms with Crippen LogP contribution in [-0.4, -0.2) is 50.0 Å². The van der Waals surface area contributed by atoms with Gasteiger partial charge >= 0.3 is 22.5 Å². The van der Waals surface area contributed by atoms with Crippen molar-refractivity contribution in [1.82, 2.24) is 4.90 Å². The monoisotopic (exact) mass is 335 g/mol. The van der Waals surface area contributed by atoms with Gasteiger partial charge in [0.25, 0.3) is 0 Å². The minimum Gasteiger partial charge on any atom is -0.444 e. The third kappa shape index (κ3) is 4.72. The first-order chi connectivity index (χ1) is 9.15. The molecule has 124 valence electrons. The van der Waals surface area contributed by atoms with Crippen LogP contribution in [0.5, 0.6) is 0 Å². The highest BCUT2D eigenvalue weighted by atomic mass is 32.3. The summed E-state index contributed by atoms with van der Waals surface area (Å²) in [7, 11) is -5.33. The minimum atomic E-state index is -5.33. The number of alkyl halides is 3. The molecule has 0 radical (unpaired) electrons. The van der Waals surface area contributed by atoms with Crippen molar-refractivity contribution in [2.45, 2.75) is 39.0 Å². The van der Waals surface area contributed by atoms with E-state index in [9.17, 15) is 30.3 Å². The van der Waals surface area contributed by atoms with E-state index in [4.69, 9.17) is 4.74 Å². The molecule has 10 heteroatoms. The quantitative estimate of drug-likeness (QED) is 0.574. The molecular weight excluding hydrogens is 318 g/mol. The van der Waals surface area contributed by atoms with E-state index in [1.54, 1.807) is 20.8 Å². The van der Waals surface area contributed by atoms with Crippen molar-refractivity contribution < 1.29 is 35.0 Å². The molecule has 1 atom stereocenters. The number of carbonyl (C=O) groups excluding carboxylic acids is 1. The maximum Gasteiger partial charge on any atom is 0.410 e. The summed E-state index contributed by atoms with van der Waals surface area (Å²) < 4.78 is 78.3. The summed E-state index contributed by atoms with van der Waals surface area (Å²) in [6.45, 7) is 3.36. The number of rotatable bonds is 2. The summed E-state index contributed by atoms with van der Waals surface area (Å²) in [5.41, 5.74) is -3.69. The number of hydrogen-bond donors (Lipinski definition) is 0. The van der Waals surface area contributed by atoms with Crippen LogP contribution in [0, 0.1) is 5.41 Å². The van der Waals surface area contributed by atoms with Crippen LogP contribution >= 0.6 is 0 Å². The Morgan fingerprint density at radius 3 is 2.19 bits per heavy atom. The zero-order valence-electron chi connectivity index (χ0n) is 11.8. The molecule has 0 aromatic carbocycles. The highest BCUT2D eigenvalue weighted by molar-refractivity contribution is 7.86. The Morgan fingerprint density at radius 2 is 1.81 bits per heavy atom. The lowest BCUT2D eigenvalue weighted by molar-refractivity contribution is -0.211. The number of amides is 1. The van der Waals surface area contributed by atoms with Gasteiger partial charge in [0.15, 0.2) is 0 Å². The van der Waals surface area contributed by atoms with E-state index in [0.29, 0.717) is 0 Å². The first-order valence-corrected chi connectivity index (χ1v) is 7.67. The molecule has 0 saturated carbocycles. The highest BCUT2D eigenvalue weighted by Gasteiger charge is 2.61. The summed E-state index contributed by atoms with van der Waals surface area (Å²) in [5, 5.41) is 0. The molecule has 5 nitrogen and oxygen atoms in total. The molecule has 0 aliphatic carbocycles. The Kier molecular flexibility index (Phi) is 4.53. The van der Waals surface area contributed by atoms with Crippen molar-refractivity contribution >= 4 is 16.3 Å². The Labute approximate surface area is 120 Å². The van der Waals surface area contributed by atoms with E-state index in [0.717, 1.165) is 4.90 Å². The molecule has 1 heterocycles. The van der Waals surface area contributed by atoms with Crippen LogP contribution in [0.4, 0.5) is 21.9 Å². The second-order valence-corrected chi connectivity index (χ2v) is 7.48. The smallest absolute Gasteiger partial charge is 0.410 e. The molecular formula is C11H17F4NO4S. The Balaban J connectivity index is 2.95. The fraction of sp³-hybridized carbons (Fsp3) is 0.909. The van der Waals surface area contributed by atoms with E-state index in [1.807, 2.05) is 0 Å². The molecule has 1 amide bonds. The average molecular weight is 335 g/mol. The van der Waals surface area contributed by atoms with Gasteiger partial charge in [-0.05, 0) is 27.2 Å². The van der Waals surface area contributed by atoms with Crippen LogP contribution in [0.2, 0.25) is 0 Å². The molecule has 1 aliphatic rings. The number of ether oxygens (including phenoxy) is 1. The van der Waals surface area contributed by atoms with Gasteiger partial charge in [0.2, 0.25) is 0 Å². The number of carbonyl (C=O) groups is 1. The first kappa shape index (κ1) is 18.0.